The molecule has 0 saturated heterocycles. The number of aliphatic hydroxyl groups excluding tert-OH is 1. The van der Waals surface area contributed by atoms with Gasteiger partial charge < -0.3 is 20.6 Å². The lowest BCUT2D eigenvalue weighted by Gasteiger charge is -2.44. The highest BCUT2D eigenvalue weighted by atomic mass is 35.5. The SMILES string of the molecule is CC(C)(O)C(O)C[C@@]1(O)C2CC[C@H]1C[C@H](S(=O)(=O)c1cc(C(=O)Nc3cc(F)c(F)c(F)c3)ccc1Cl)C2. The van der Waals surface area contributed by atoms with Crippen LogP contribution < -0.4 is 5.32 Å². The van der Waals surface area contributed by atoms with Gasteiger partial charge in [-0.3, -0.25) is 4.79 Å². The Morgan fingerprint density at radius 3 is 2.21 bits per heavy atom. The van der Waals surface area contributed by atoms with Crippen LogP contribution in [0.3, 0.4) is 0 Å². The Bertz CT molecular complexity index is 1330. The zero-order valence-electron chi connectivity index (χ0n) is 20.7. The van der Waals surface area contributed by atoms with E-state index in [9.17, 15) is 41.7 Å². The highest BCUT2D eigenvalue weighted by Gasteiger charge is 2.57. The van der Waals surface area contributed by atoms with Crippen molar-refractivity contribution in [1.82, 2.24) is 0 Å². The summed E-state index contributed by atoms with van der Waals surface area (Å²) in [6.45, 7) is 2.88. The maximum atomic E-state index is 13.7. The largest absolute Gasteiger partial charge is 0.390 e. The Balaban J connectivity index is 1.56. The van der Waals surface area contributed by atoms with Crippen LogP contribution in [0.1, 0.15) is 56.3 Å². The molecule has 38 heavy (non-hydrogen) atoms. The van der Waals surface area contributed by atoms with Gasteiger partial charge >= 0.3 is 0 Å². The molecule has 0 spiro atoms. The van der Waals surface area contributed by atoms with Crippen molar-refractivity contribution in [3.05, 3.63) is 58.4 Å². The Morgan fingerprint density at radius 2 is 1.68 bits per heavy atom. The number of halogens is 4. The van der Waals surface area contributed by atoms with Gasteiger partial charge in [-0.05, 0) is 69.6 Å². The van der Waals surface area contributed by atoms with Crippen LogP contribution in [0.5, 0.6) is 0 Å². The second kappa shape index (κ2) is 10.1. The fourth-order valence-corrected chi connectivity index (χ4v) is 8.03. The van der Waals surface area contributed by atoms with E-state index in [-0.39, 0.29) is 40.4 Å². The third-order valence-electron chi connectivity index (χ3n) is 7.89. The lowest BCUT2D eigenvalue weighted by molar-refractivity contribution is -0.129. The number of hydrogen-bond donors (Lipinski definition) is 4. The fraction of sp³-hybridized carbons (Fsp3) is 0.500. The van der Waals surface area contributed by atoms with Gasteiger partial charge in [0.15, 0.2) is 27.3 Å². The van der Waals surface area contributed by atoms with E-state index in [0.29, 0.717) is 25.0 Å². The average molecular weight is 576 g/mol. The summed E-state index contributed by atoms with van der Waals surface area (Å²) in [5.74, 6) is -6.42. The predicted molar refractivity (Wildman–Crippen MR) is 134 cm³/mol. The molecule has 2 aliphatic carbocycles. The number of carbonyl (C=O) groups excluding carboxylic acids is 1. The van der Waals surface area contributed by atoms with Crippen LogP contribution >= 0.6 is 11.6 Å². The molecule has 2 bridgehead atoms. The van der Waals surface area contributed by atoms with Crippen molar-refractivity contribution in [3.63, 3.8) is 0 Å². The molecule has 2 aromatic carbocycles. The monoisotopic (exact) mass is 575 g/mol. The summed E-state index contributed by atoms with van der Waals surface area (Å²) >= 11 is 6.23. The van der Waals surface area contributed by atoms with Crippen molar-refractivity contribution in [1.29, 1.82) is 0 Å². The molecule has 2 saturated carbocycles. The summed E-state index contributed by atoms with van der Waals surface area (Å²) in [6.07, 6.45) is 0.0549. The molecular formula is C26H29ClF3NO6S. The molecule has 5 atom stereocenters. The number of rotatable bonds is 7. The topological polar surface area (TPSA) is 124 Å². The second-order valence-corrected chi connectivity index (χ2v) is 13.4. The van der Waals surface area contributed by atoms with Crippen molar-refractivity contribution >= 4 is 33.0 Å². The minimum Gasteiger partial charge on any atom is -0.390 e. The molecule has 0 heterocycles. The van der Waals surface area contributed by atoms with Crippen LogP contribution in [-0.4, -0.2) is 52.2 Å². The van der Waals surface area contributed by atoms with Gasteiger partial charge in [-0.25, -0.2) is 21.6 Å². The van der Waals surface area contributed by atoms with E-state index in [1.165, 1.54) is 26.0 Å². The van der Waals surface area contributed by atoms with Gasteiger partial charge in [0.1, 0.15) is 0 Å². The maximum absolute atomic E-state index is 13.7. The maximum Gasteiger partial charge on any atom is 0.255 e. The molecule has 12 heteroatoms. The number of sulfone groups is 1. The van der Waals surface area contributed by atoms with E-state index in [2.05, 4.69) is 5.32 Å². The summed E-state index contributed by atoms with van der Waals surface area (Å²) in [4.78, 5) is 12.4. The van der Waals surface area contributed by atoms with Crippen LogP contribution in [0.25, 0.3) is 0 Å². The van der Waals surface area contributed by atoms with Crippen molar-refractivity contribution in [2.45, 2.75) is 73.4 Å². The first-order valence-corrected chi connectivity index (χ1v) is 14.1. The number of benzene rings is 2. The lowest BCUT2D eigenvalue weighted by atomic mass is 9.70. The minimum atomic E-state index is -4.08. The second-order valence-electron chi connectivity index (χ2n) is 10.8. The third-order valence-corrected chi connectivity index (χ3v) is 10.5. The summed E-state index contributed by atoms with van der Waals surface area (Å²) < 4.78 is 67.5. The van der Waals surface area contributed by atoms with E-state index in [1.54, 1.807) is 0 Å². The lowest BCUT2D eigenvalue weighted by Crippen LogP contribution is -2.52. The van der Waals surface area contributed by atoms with Crippen molar-refractivity contribution in [2.75, 3.05) is 5.32 Å². The van der Waals surface area contributed by atoms with Crippen LogP contribution in [0.2, 0.25) is 5.02 Å². The highest BCUT2D eigenvalue weighted by molar-refractivity contribution is 7.92. The molecule has 0 radical (unpaired) electrons. The molecule has 208 valence electrons. The molecule has 2 fully saturated rings. The van der Waals surface area contributed by atoms with Crippen LogP contribution in [-0.2, 0) is 9.84 Å². The molecule has 2 aliphatic rings. The van der Waals surface area contributed by atoms with Gasteiger partial charge in [-0.15, -0.1) is 0 Å². The number of amides is 1. The van der Waals surface area contributed by atoms with Crippen LogP contribution in [0.15, 0.2) is 35.2 Å². The summed E-state index contributed by atoms with van der Waals surface area (Å²) in [5, 5.41) is 33.1. The van der Waals surface area contributed by atoms with Crippen molar-refractivity contribution in [2.24, 2.45) is 11.8 Å². The molecule has 7 nitrogen and oxygen atoms in total. The first kappa shape index (κ1) is 28.8. The Hall–Kier alpha value is -2.18. The molecule has 0 aromatic heterocycles. The first-order valence-electron chi connectivity index (χ1n) is 12.2. The quantitative estimate of drug-likeness (QED) is 0.367. The average Bonchev–Trinajstić information content (AvgIpc) is 2.98. The highest BCUT2D eigenvalue weighted by Crippen LogP contribution is 2.54. The molecule has 4 rings (SSSR count). The molecule has 0 aliphatic heterocycles. The smallest absolute Gasteiger partial charge is 0.255 e. The molecule has 4 N–H and O–H groups in total. The van der Waals surface area contributed by atoms with Gasteiger partial charge in [-0.1, -0.05) is 11.6 Å². The van der Waals surface area contributed by atoms with Gasteiger partial charge in [0.2, 0.25) is 0 Å². The van der Waals surface area contributed by atoms with E-state index in [4.69, 9.17) is 11.6 Å². The van der Waals surface area contributed by atoms with Crippen molar-refractivity contribution < 1.29 is 41.7 Å². The number of aliphatic hydroxyl groups is 3. The zero-order valence-corrected chi connectivity index (χ0v) is 22.3. The standard InChI is InChI=1S/C26H29ClF3NO6S/c1-25(2,34)22(32)12-26(35)14-4-5-15(26)9-17(8-14)38(36,37)21-7-13(3-6-18(21)27)24(33)31-16-10-19(28)23(30)20(29)11-16/h3,6-7,10-11,14-15,17,22,32,34-35H,4-5,8-9,12H2,1-2H3,(H,31,33)/t14-,15?,17-,22?,26-/m0/s1. The number of fused-ring (bicyclic) bond motifs is 2. The van der Waals surface area contributed by atoms with Gasteiger partial charge in [0, 0.05) is 29.8 Å². The van der Waals surface area contributed by atoms with Crippen LogP contribution in [0.4, 0.5) is 18.9 Å². The Kier molecular flexibility index (Phi) is 7.65. The summed E-state index contributed by atoms with van der Waals surface area (Å²) in [5.41, 5.74) is -3.27. The predicted octanol–water partition coefficient (Wildman–Crippen LogP) is 4.22. The van der Waals surface area contributed by atoms with E-state index in [1.807, 2.05) is 0 Å². The summed E-state index contributed by atoms with van der Waals surface area (Å²) in [7, 11) is -4.08. The normalized spacial score (nSPS) is 26.3. The van der Waals surface area contributed by atoms with Crippen molar-refractivity contribution in [3.8, 4) is 0 Å². The van der Waals surface area contributed by atoms with Gasteiger partial charge in [0.25, 0.3) is 5.91 Å². The molecule has 2 unspecified atom stereocenters. The number of carbonyl (C=O) groups is 1. The number of nitrogens with one attached hydrogen (secondary N) is 1. The summed E-state index contributed by atoms with van der Waals surface area (Å²) in [6, 6.07) is 4.73. The van der Waals surface area contributed by atoms with Crippen LogP contribution in [0, 0.1) is 29.3 Å². The van der Waals surface area contributed by atoms with Gasteiger partial charge in [-0.2, -0.15) is 0 Å². The Morgan fingerprint density at radius 1 is 1.13 bits per heavy atom. The molecule has 1 amide bonds. The first-order chi connectivity index (χ1) is 17.5. The van der Waals surface area contributed by atoms with E-state index >= 15 is 0 Å². The Labute approximate surface area is 223 Å². The fourth-order valence-electron chi connectivity index (χ4n) is 5.63. The van der Waals surface area contributed by atoms with Gasteiger partial charge in [0.05, 0.1) is 32.5 Å². The number of hydrogen-bond acceptors (Lipinski definition) is 6. The number of anilines is 1. The van der Waals surface area contributed by atoms with E-state index in [0.717, 1.165) is 6.07 Å². The van der Waals surface area contributed by atoms with E-state index < -0.39 is 67.6 Å². The molecular weight excluding hydrogens is 547 g/mol. The third kappa shape index (κ3) is 5.31. The molecule has 2 aromatic rings. The minimum absolute atomic E-state index is 0.0837. The zero-order chi connectivity index (χ0) is 28.2.